The fraction of sp³-hybridized carbons (Fsp3) is 0.538. The van der Waals surface area contributed by atoms with Crippen molar-refractivity contribution in [2.24, 2.45) is 0 Å². The Morgan fingerprint density at radius 3 is 2.94 bits per heavy atom. The molecule has 1 unspecified atom stereocenters. The molecular formula is C13H18BrNO. The first-order valence-electron chi connectivity index (χ1n) is 5.77. The van der Waals surface area contributed by atoms with Gasteiger partial charge in [0.2, 0.25) is 0 Å². The minimum absolute atomic E-state index is 0.638. The smallest absolute Gasteiger partial charge is 0.123 e. The quantitative estimate of drug-likeness (QED) is 0.921. The van der Waals surface area contributed by atoms with Crippen LogP contribution in [-0.2, 0) is 6.42 Å². The highest BCUT2D eigenvalue weighted by atomic mass is 79.9. The Morgan fingerprint density at radius 1 is 1.50 bits per heavy atom. The van der Waals surface area contributed by atoms with Crippen LogP contribution < -0.4 is 10.1 Å². The summed E-state index contributed by atoms with van der Waals surface area (Å²) in [7, 11) is 1.73. The third kappa shape index (κ3) is 2.58. The fourth-order valence-electron chi connectivity index (χ4n) is 2.25. The summed E-state index contributed by atoms with van der Waals surface area (Å²) in [5.41, 5.74) is 2.51. The van der Waals surface area contributed by atoms with Gasteiger partial charge < -0.3 is 10.1 Å². The van der Waals surface area contributed by atoms with E-state index in [1.165, 1.54) is 24.0 Å². The molecule has 1 N–H and O–H groups in total. The zero-order valence-electron chi connectivity index (χ0n) is 9.85. The average Bonchev–Trinajstić information content (AvgIpc) is 2.76. The molecule has 1 fully saturated rings. The minimum atomic E-state index is 0.638. The lowest BCUT2D eigenvalue weighted by Gasteiger charge is -2.13. The van der Waals surface area contributed by atoms with E-state index >= 15 is 0 Å². The van der Waals surface area contributed by atoms with Crippen molar-refractivity contribution < 1.29 is 4.74 Å². The summed E-state index contributed by atoms with van der Waals surface area (Å²) >= 11 is 3.59. The summed E-state index contributed by atoms with van der Waals surface area (Å²) in [6.07, 6.45) is 3.68. The molecule has 1 aromatic rings. The van der Waals surface area contributed by atoms with Crippen LogP contribution in [0.15, 0.2) is 16.6 Å². The van der Waals surface area contributed by atoms with Gasteiger partial charge in [0.15, 0.2) is 0 Å². The Kier molecular flexibility index (Phi) is 3.87. The van der Waals surface area contributed by atoms with Crippen LogP contribution in [0.3, 0.4) is 0 Å². The van der Waals surface area contributed by atoms with Crippen LogP contribution >= 0.6 is 15.9 Å². The lowest BCUT2D eigenvalue weighted by Crippen LogP contribution is -2.23. The zero-order valence-corrected chi connectivity index (χ0v) is 11.4. The molecule has 0 saturated carbocycles. The van der Waals surface area contributed by atoms with Gasteiger partial charge in [-0.1, -0.05) is 15.9 Å². The van der Waals surface area contributed by atoms with Gasteiger partial charge in [-0.15, -0.1) is 0 Å². The van der Waals surface area contributed by atoms with Gasteiger partial charge in [0.1, 0.15) is 5.75 Å². The maximum atomic E-state index is 5.38. The van der Waals surface area contributed by atoms with Gasteiger partial charge in [-0.05, 0) is 50.4 Å². The number of hydrogen-bond donors (Lipinski definition) is 1. The second-order valence-electron chi connectivity index (χ2n) is 4.40. The topological polar surface area (TPSA) is 21.3 Å². The lowest BCUT2D eigenvalue weighted by molar-refractivity contribution is 0.410. The molecule has 2 rings (SSSR count). The van der Waals surface area contributed by atoms with Crippen molar-refractivity contribution in [1.82, 2.24) is 5.32 Å². The van der Waals surface area contributed by atoms with Crippen molar-refractivity contribution in [1.29, 1.82) is 0 Å². The van der Waals surface area contributed by atoms with Crippen LogP contribution in [0.4, 0.5) is 0 Å². The molecule has 0 aliphatic carbocycles. The third-order valence-corrected chi connectivity index (χ3v) is 4.04. The van der Waals surface area contributed by atoms with E-state index in [0.29, 0.717) is 6.04 Å². The van der Waals surface area contributed by atoms with Crippen molar-refractivity contribution in [2.75, 3.05) is 13.7 Å². The number of hydrogen-bond acceptors (Lipinski definition) is 2. The molecule has 3 heteroatoms. The summed E-state index contributed by atoms with van der Waals surface area (Å²) in [5, 5.41) is 3.52. The van der Waals surface area contributed by atoms with E-state index < -0.39 is 0 Å². The molecule has 88 valence electrons. The van der Waals surface area contributed by atoms with Crippen molar-refractivity contribution >= 4 is 15.9 Å². The van der Waals surface area contributed by atoms with Gasteiger partial charge in [-0.25, -0.2) is 0 Å². The molecule has 1 atom stereocenters. The van der Waals surface area contributed by atoms with E-state index in [1.54, 1.807) is 7.11 Å². The normalized spacial score (nSPS) is 20.1. The Morgan fingerprint density at radius 2 is 2.31 bits per heavy atom. The van der Waals surface area contributed by atoms with E-state index in [1.807, 2.05) is 0 Å². The number of ether oxygens (including phenoxy) is 1. The number of halogens is 1. The van der Waals surface area contributed by atoms with Crippen molar-refractivity contribution in [2.45, 2.75) is 32.2 Å². The summed E-state index contributed by atoms with van der Waals surface area (Å²) in [5.74, 6) is 0.974. The number of rotatable bonds is 3. The van der Waals surface area contributed by atoms with Gasteiger partial charge >= 0.3 is 0 Å². The second kappa shape index (κ2) is 5.19. The fourth-order valence-corrected chi connectivity index (χ4v) is 2.74. The van der Waals surface area contributed by atoms with Crippen LogP contribution in [0, 0.1) is 6.92 Å². The average molecular weight is 284 g/mol. The standard InChI is InChI=1S/C13H18BrNO/c1-9-12(14)7-10(8-13(9)16-2)6-11-4-3-5-15-11/h7-8,11,15H,3-6H2,1-2H3. The van der Waals surface area contributed by atoms with Crippen LogP contribution in [-0.4, -0.2) is 19.7 Å². The highest BCUT2D eigenvalue weighted by molar-refractivity contribution is 9.10. The van der Waals surface area contributed by atoms with Crippen molar-refractivity contribution in [3.63, 3.8) is 0 Å². The largest absolute Gasteiger partial charge is 0.496 e. The van der Waals surface area contributed by atoms with E-state index in [2.05, 4.69) is 40.3 Å². The SMILES string of the molecule is COc1cc(CC2CCCN2)cc(Br)c1C. The summed E-state index contributed by atoms with van der Waals surface area (Å²) in [6, 6.07) is 5.00. The second-order valence-corrected chi connectivity index (χ2v) is 5.26. The molecule has 1 saturated heterocycles. The Labute approximate surface area is 106 Å². The molecule has 1 aliphatic heterocycles. The maximum absolute atomic E-state index is 5.38. The van der Waals surface area contributed by atoms with Crippen LogP contribution in [0.25, 0.3) is 0 Å². The van der Waals surface area contributed by atoms with E-state index in [-0.39, 0.29) is 0 Å². The molecule has 0 spiro atoms. The molecule has 2 nitrogen and oxygen atoms in total. The number of methoxy groups -OCH3 is 1. The molecule has 0 bridgehead atoms. The number of nitrogens with one attached hydrogen (secondary N) is 1. The monoisotopic (exact) mass is 283 g/mol. The molecule has 0 aromatic heterocycles. The first-order chi connectivity index (χ1) is 7.70. The predicted molar refractivity (Wildman–Crippen MR) is 70.2 cm³/mol. The maximum Gasteiger partial charge on any atom is 0.123 e. The van der Waals surface area contributed by atoms with Crippen LogP contribution in [0.5, 0.6) is 5.75 Å². The highest BCUT2D eigenvalue weighted by Gasteiger charge is 2.15. The molecule has 1 aromatic carbocycles. The summed E-state index contributed by atoms with van der Waals surface area (Å²) in [6.45, 7) is 3.23. The van der Waals surface area contributed by atoms with E-state index in [0.717, 1.165) is 23.2 Å². The van der Waals surface area contributed by atoms with Crippen molar-refractivity contribution in [3.05, 3.63) is 27.7 Å². The Bertz CT molecular complexity index is 372. The summed E-state index contributed by atoms with van der Waals surface area (Å²) in [4.78, 5) is 0. The van der Waals surface area contributed by atoms with Gasteiger partial charge in [-0.3, -0.25) is 0 Å². The van der Waals surface area contributed by atoms with Gasteiger partial charge in [0, 0.05) is 16.1 Å². The summed E-state index contributed by atoms with van der Waals surface area (Å²) < 4.78 is 6.52. The predicted octanol–water partition coefficient (Wildman–Crippen LogP) is 3.06. The van der Waals surface area contributed by atoms with Gasteiger partial charge in [-0.2, -0.15) is 0 Å². The third-order valence-electron chi connectivity index (χ3n) is 3.22. The molecule has 16 heavy (non-hydrogen) atoms. The molecule has 1 heterocycles. The van der Waals surface area contributed by atoms with Crippen molar-refractivity contribution in [3.8, 4) is 5.75 Å². The van der Waals surface area contributed by atoms with Crippen LogP contribution in [0.1, 0.15) is 24.0 Å². The van der Waals surface area contributed by atoms with E-state index in [4.69, 9.17) is 4.74 Å². The molecule has 0 amide bonds. The number of benzene rings is 1. The first-order valence-corrected chi connectivity index (χ1v) is 6.56. The molecule has 1 aliphatic rings. The zero-order chi connectivity index (χ0) is 11.5. The highest BCUT2D eigenvalue weighted by Crippen LogP contribution is 2.28. The Balaban J connectivity index is 2.17. The molecular weight excluding hydrogens is 266 g/mol. The molecule has 0 radical (unpaired) electrons. The van der Waals surface area contributed by atoms with Crippen LogP contribution in [0.2, 0.25) is 0 Å². The Hall–Kier alpha value is -0.540. The lowest BCUT2D eigenvalue weighted by atomic mass is 10.0. The minimum Gasteiger partial charge on any atom is -0.496 e. The van der Waals surface area contributed by atoms with Gasteiger partial charge in [0.05, 0.1) is 7.11 Å². The van der Waals surface area contributed by atoms with Gasteiger partial charge in [0.25, 0.3) is 0 Å². The van der Waals surface area contributed by atoms with E-state index in [9.17, 15) is 0 Å². The first kappa shape index (κ1) is 11.9.